The van der Waals surface area contributed by atoms with Gasteiger partial charge in [0.15, 0.2) is 0 Å². The van der Waals surface area contributed by atoms with Gasteiger partial charge in [-0.05, 0) is 45.0 Å². The van der Waals surface area contributed by atoms with Crippen molar-refractivity contribution >= 4 is 0 Å². The summed E-state index contributed by atoms with van der Waals surface area (Å²) in [4.78, 5) is 6.64. The third-order valence-electron chi connectivity index (χ3n) is 3.77. The summed E-state index contributed by atoms with van der Waals surface area (Å²) in [7, 11) is 2.24. The highest BCUT2D eigenvalue weighted by atomic mass is 15.2. The third kappa shape index (κ3) is 3.51. The molecule has 0 aliphatic carbocycles. The molecule has 94 valence electrons. The van der Waals surface area contributed by atoms with Gasteiger partial charge in [-0.3, -0.25) is 4.98 Å². The Hall–Kier alpha value is -0.930. The summed E-state index contributed by atoms with van der Waals surface area (Å²) in [6, 6.07) is 5.22. The van der Waals surface area contributed by atoms with Crippen molar-refractivity contribution in [3.63, 3.8) is 0 Å². The lowest BCUT2D eigenvalue weighted by atomic mass is 10.0. The van der Waals surface area contributed by atoms with E-state index in [1.54, 1.807) is 0 Å². The van der Waals surface area contributed by atoms with Crippen LogP contribution in [0.15, 0.2) is 24.5 Å². The smallest absolute Gasteiger partial charge is 0.0315 e. The van der Waals surface area contributed by atoms with E-state index in [1.807, 2.05) is 18.5 Å². The summed E-state index contributed by atoms with van der Waals surface area (Å²) in [6.45, 7) is 4.53. The van der Waals surface area contributed by atoms with Crippen LogP contribution in [0.1, 0.15) is 37.8 Å². The van der Waals surface area contributed by atoms with E-state index < -0.39 is 0 Å². The van der Waals surface area contributed by atoms with Crippen LogP contribution in [0.5, 0.6) is 0 Å². The third-order valence-corrected chi connectivity index (χ3v) is 3.77. The predicted molar refractivity (Wildman–Crippen MR) is 70.9 cm³/mol. The molecule has 1 saturated heterocycles. The van der Waals surface area contributed by atoms with Crippen molar-refractivity contribution in [3.8, 4) is 0 Å². The number of hydrogen-bond acceptors (Lipinski definition) is 3. The topological polar surface area (TPSA) is 28.2 Å². The number of piperidine rings is 1. The summed E-state index contributed by atoms with van der Waals surface area (Å²) >= 11 is 0. The molecule has 1 fully saturated rings. The lowest BCUT2D eigenvalue weighted by Crippen LogP contribution is -2.43. The van der Waals surface area contributed by atoms with Gasteiger partial charge in [0.1, 0.15) is 0 Å². The van der Waals surface area contributed by atoms with Crippen molar-refractivity contribution in [2.75, 3.05) is 20.1 Å². The van der Waals surface area contributed by atoms with E-state index in [-0.39, 0.29) is 0 Å². The van der Waals surface area contributed by atoms with Crippen molar-refractivity contribution in [1.29, 1.82) is 0 Å². The Morgan fingerprint density at radius 2 is 2.41 bits per heavy atom. The summed E-state index contributed by atoms with van der Waals surface area (Å²) < 4.78 is 0. The number of nitrogens with one attached hydrogen (secondary N) is 1. The molecule has 1 aromatic heterocycles. The average molecular weight is 233 g/mol. The monoisotopic (exact) mass is 233 g/mol. The van der Waals surface area contributed by atoms with Crippen LogP contribution >= 0.6 is 0 Å². The molecule has 1 aromatic rings. The zero-order valence-corrected chi connectivity index (χ0v) is 10.9. The van der Waals surface area contributed by atoms with Crippen LogP contribution in [0.2, 0.25) is 0 Å². The van der Waals surface area contributed by atoms with Gasteiger partial charge in [0.25, 0.3) is 0 Å². The minimum Gasteiger partial charge on any atom is -0.309 e. The normalized spacial score (nSPS) is 23.5. The number of nitrogens with zero attached hydrogens (tertiary/aromatic N) is 2. The first-order valence-corrected chi connectivity index (χ1v) is 6.61. The minimum absolute atomic E-state index is 0.388. The van der Waals surface area contributed by atoms with E-state index in [2.05, 4.69) is 35.2 Å². The summed E-state index contributed by atoms with van der Waals surface area (Å²) in [5, 5.41) is 3.62. The lowest BCUT2D eigenvalue weighted by molar-refractivity contribution is 0.178. The van der Waals surface area contributed by atoms with Crippen LogP contribution in [0, 0.1) is 0 Å². The fraction of sp³-hybridized carbons (Fsp3) is 0.643. The highest BCUT2D eigenvalue weighted by Crippen LogP contribution is 2.16. The SMILES string of the molecule is C[C@@H](NCC1CCCCN1C)c1cccnc1. The van der Waals surface area contributed by atoms with Gasteiger partial charge in [0.2, 0.25) is 0 Å². The number of aromatic nitrogens is 1. The van der Waals surface area contributed by atoms with E-state index in [1.165, 1.54) is 31.4 Å². The summed E-state index contributed by atoms with van der Waals surface area (Å²) in [6.07, 6.45) is 7.82. The number of likely N-dealkylation sites (N-methyl/N-ethyl adjacent to an activating group) is 1. The van der Waals surface area contributed by atoms with Crippen LogP contribution in [-0.2, 0) is 0 Å². The molecule has 1 unspecified atom stereocenters. The molecule has 2 rings (SSSR count). The van der Waals surface area contributed by atoms with Gasteiger partial charge in [-0.2, -0.15) is 0 Å². The van der Waals surface area contributed by atoms with Crippen molar-refractivity contribution < 1.29 is 0 Å². The molecule has 2 atom stereocenters. The van der Waals surface area contributed by atoms with Gasteiger partial charge in [0.05, 0.1) is 0 Å². The summed E-state index contributed by atoms with van der Waals surface area (Å²) in [5.74, 6) is 0. The number of likely N-dealkylation sites (tertiary alicyclic amines) is 1. The zero-order valence-electron chi connectivity index (χ0n) is 10.9. The van der Waals surface area contributed by atoms with E-state index in [9.17, 15) is 0 Å². The Morgan fingerprint density at radius 1 is 1.53 bits per heavy atom. The van der Waals surface area contributed by atoms with Gasteiger partial charge in [-0.15, -0.1) is 0 Å². The van der Waals surface area contributed by atoms with Crippen molar-refractivity contribution in [2.24, 2.45) is 0 Å². The molecule has 0 bridgehead atoms. The predicted octanol–water partition coefficient (Wildman–Crippen LogP) is 2.22. The first-order valence-electron chi connectivity index (χ1n) is 6.61. The Labute approximate surface area is 104 Å². The molecule has 0 spiro atoms. The molecule has 17 heavy (non-hydrogen) atoms. The van der Waals surface area contributed by atoms with E-state index >= 15 is 0 Å². The van der Waals surface area contributed by atoms with Crippen molar-refractivity contribution in [2.45, 2.75) is 38.3 Å². The Bertz CT molecular complexity index is 325. The number of rotatable bonds is 4. The molecule has 1 aliphatic heterocycles. The maximum Gasteiger partial charge on any atom is 0.0315 e. The van der Waals surface area contributed by atoms with Crippen LogP contribution in [-0.4, -0.2) is 36.1 Å². The quantitative estimate of drug-likeness (QED) is 0.864. The molecule has 0 aromatic carbocycles. The first kappa shape index (κ1) is 12.5. The number of hydrogen-bond donors (Lipinski definition) is 1. The molecule has 3 heteroatoms. The largest absolute Gasteiger partial charge is 0.309 e. The Morgan fingerprint density at radius 3 is 3.12 bits per heavy atom. The second kappa shape index (κ2) is 6.12. The van der Waals surface area contributed by atoms with Crippen molar-refractivity contribution in [1.82, 2.24) is 15.2 Å². The van der Waals surface area contributed by atoms with E-state index in [0.717, 1.165) is 6.54 Å². The van der Waals surface area contributed by atoms with Gasteiger partial charge >= 0.3 is 0 Å². The summed E-state index contributed by atoms with van der Waals surface area (Å²) in [5.41, 5.74) is 1.27. The first-order chi connectivity index (χ1) is 8.27. The Kier molecular flexibility index (Phi) is 4.51. The fourth-order valence-electron chi connectivity index (χ4n) is 2.46. The molecule has 0 amide bonds. The van der Waals surface area contributed by atoms with Gasteiger partial charge in [-0.1, -0.05) is 12.5 Å². The zero-order chi connectivity index (χ0) is 12.1. The second-order valence-corrected chi connectivity index (χ2v) is 5.05. The highest BCUT2D eigenvalue weighted by Gasteiger charge is 2.19. The van der Waals surface area contributed by atoms with Crippen LogP contribution < -0.4 is 5.32 Å². The number of pyridine rings is 1. The molecule has 3 nitrogen and oxygen atoms in total. The molecule has 0 radical (unpaired) electrons. The molecule has 1 N–H and O–H groups in total. The van der Waals surface area contributed by atoms with Crippen LogP contribution in [0.3, 0.4) is 0 Å². The van der Waals surface area contributed by atoms with E-state index in [4.69, 9.17) is 0 Å². The lowest BCUT2D eigenvalue weighted by Gasteiger charge is -2.33. The highest BCUT2D eigenvalue weighted by molar-refractivity contribution is 5.12. The van der Waals surface area contributed by atoms with Crippen molar-refractivity contribution in [3.05, 3.63) is 30.1 Å². The maximum atomic E-state index is 4.17. The molecule has 1 aliphatic rings. The van der Waals surface area contributed by atoms with Crippen LogP contribution in [0.4, 0.5) is 0 Å². The van der Waals surface area contributed by atoms with Gasteiger partial charge in [0, 0.05) is 31.0 Å². The molecular weight excluding hydrogens is 210 g/mol. The minimum atomic E-state index is 0.388. The van der Waals surface area contributed by atoms with Gasteiger partial charge < -0.3 is 10.2 Å². The van der Waals surface area contributed by atoms with Crippen LogP contribution in [0.25, 0.3) is 0 Å². The molecular formula is C14H23N3. The van der Waals surface area contributed by atoms with E-state index in [0.29, 0.717) is 12.1 Å². The maximum absolute atomic E-state index is 4.17. The second-order valence-electron chi connectivity index (χ2n) is 5.05. The average Bonchev–Trinajstić information content (AvgIpc) is 2.38. The fourth-order valence-corrected chi connectivity index (χ4v) is 2.46. The molecule has 2 heterocycles. The van der Waals surface area contributed by atoms with Gasteiger partial charge in [-0.25, -0.2) is 0 Å². The molecule has 0 saturated carbocycles. The standard InChI is InChI=1S/C14H23N3/c1-12(13-6-5-8-15-10-13)16-11-14-7-3-4-9-17(14)2/h5-6,8,10,12,14,16H,3-4,7,9,11H2,1-2H3/t12-,14?/m1/s1. The Balaban J connectivity index is 1.81.